The topological polar surface area (TPSA) is 40.6 Å². The molecule has 0 unspecified atom stereocenters. The van der Waals surface area contributed by atoms with E-state index in [0.717, 1.165) is 0 Å². The molecule has 2 aliphatic heterocycles. The molecule has 8 aromatic carbocycles. The molecule has 0 radical (unpaired) electrons. The van der Waals surface area contributed by atoms with Crippen LogP contribution in [-0.4, -0.2) is 70.4 Å². The number of carbonyl (C=O) groups is 2. The van der Waals surface area contributed by atoms with Crippen LogP contribution in [0, 0.1) is 0 Å². The van der Waals surface area contributed by atoms with Gasteiger partial charge in [-0.3, -0.25) is 9.59 Å². The Kier molecular flexibility index (Phi) is 14.0. The Labute approximate surface area is 394 Å². The monoisotopic (exact) mass is 932 g/mol. The van der Waals surface area contributed by atoms with Crippen LogP contribution < -0.4 is 42.4 Å². The van der Waals surface area contributed by atoms with Crippen LogP contribution in [-0.2, 0) is 9.59 Å². The molecule has 0 saturated carbocycles. The Balaban J connectivity index is 1.05. The molecule has 2 saturated heterocycles. The van der Waals surface area contributed by atoms with Crippen molar-refractivity contribution >= 4 is 85.9 Å². The van der Waals surface area contributed by atoms with Gasteiger partial charge in [-0.15, -0.1) is 0 Å². The van der Waals surface area contributed by atoms with E-state index in [1.807, 2.05) is 9.80 Å². The second-order valence-corrected chi connectivity index (χ2v) is 26.6. The summed E-state index contributed by atoms with van der Waals surface area (Å²) in [5.41, 5.74) is 0.445. The number of nitrogens with zero attached hydrogens (tertiary/aromatic N) is 2. The lowest BCUT2D eigenvalue weighted by Gasteiger charge is -2.34. The highest BCUT2D eigenvalue weighted by Gasteiger charge is 2.50. The molecule has 8 aromatic rings. The highest BCUT2D eigenvalue weighted by Crippen LogP contribution is 2.56. The van der Waals surface area contributed by atoms with E-state index in [4.69, 9.17) is 0 Å². The maximum Gasteiger partial charge on any atom is 0.312 e. The van der Waals surface area contributed by atoms with Gasteiger partial charge in [0.05, 0.1) is 0 Å². The highest BCUT2D eigenvalue weighted by atomic mass is 31.1. The lowest BCUT2D eigenvalue weighted by molar-refractivity contribution is -0.150. The lowest BCUT2D eigenvalue weighted by atomic mass is 10.3. The highest BCUT2D eigenvalue weighted by molar-refractivity contribution is 7.78. The fraction of sp³-hybridized carbons (Fsp3) is 0.138. The van der Waals surface area contributed by atoms with Gasteiger partial charge in [0.1, 0.15) is 0 Å². The van der Waals surface area contributed by atoms with Crippen molar-refractivity contribution in [3.8, 4) is 0 Å². The summed E-state index contributed by atoms with van der Waals surface area (Å²) >= 11 is 0. The molecule has 2 heterocycles. The number of hydrogen-bond donors (Lipinski definition) is 0. The third-order valence-corrected chi connectivity index (χ3v) is 24.9. The molecule has 0 aliphatic carbocycles. The molecule has 0 bridgehead atoms. The Hall–Kier alpha value is -5.58. The van der Waals surface area contributed by atoms with Crippen molar-refractivity contribution in [2.24, 2.45) is 0 Å². The van der Waals surface area contributed by atoms with Crippen LogP contribution in [0.4, 0.5) is 0 Å². The molecule has 326 valence electrons. The van der Waals surface area contributed by atoms with Gasteiger partial charge in [-0.25, -0.2) is 0 Å². The lowest BCUT2D eigenvalue weighted by Crippen LogP contribution is -2.44. The summed E-state index contributed by atoms with van der Waals surface area (Å²) in [6.45, 7) is 2.08. The quantitative estimate of drug-likeness (QED) is 0.0910. The van der Waals surface area contributed by atoms with Crippen LogP contribution in [0.5, 0.6) is 0 Å². The van der Waals surface area contributed by atoms with E-state index in [0.29, 0.717) is 26.2 Å². The number of hydrogen-bond acceptors (Lipinski definition) is 2. The molecular weight excluding hydrogens is 881 g/mol. The molecule has 4 nitrogen and oxygen atoms in total. The predicted octanol–water partition coefficient (Wildman–Crippen LogP) is 8.68. The van der Waals surface area contributed by atoms with Gasteiger partial charge in [0.15, 0.2) is 0 Å². The normalized spacial score (nSPS) is 18.4. The molecule has 4 atom stereocenters. The van der Waals surface area contributed by atoms with E-state index in [-0.39, 0.29) is 34.5 Å². The van der Waals surface area contributed by atoms with Gasteiger partial charge in [0.25, 0.3) is 0 Å². The summed E-state index contributed by atoms with van der Waals surface area (Å²) in [6.07, 6.45) is 0. The first-order valence-corrected chi connectivity index (χ1v) is 28.4. The van der Waals surface area contributed by atoms with E-state index in [9.17, 15) is 0 Å². The molecule has 0 aromatic heterocycles. The fourth-order valence-corrected chi connectivity index (χ4v) is 23.0. The van der Waals surface area contributed by atoms with Crippen LogP contribution >= 0.6 is 31.7 Å². The molecule has 2 amide bonds. The second kappa shape index (κ2) is 20.9. The summed E-state index contributed by atoms with van der Waals surface area (Å²) in [6, 6.07) is 87.1. The first kappa shape index (κ1) is 44.3. The largest absolute Gasteiger partial charge is 0.333 e. The van der Waals surface area contributed by atoms with Crippen molar-refractivity contribution in [2.75, 3.05) is 26.2 Å². The van der Waals surface area contributed by atoms with E-state index in [1.165, 1.54) is 42.4 Å². The summed E-state index contributed by atoms with van der Waals surface area (Å²) < 4.78 is 0. The molecule has 2 aliphatic rings. The molecule has 66 heavy (non-hydrogen) atoms. The van der Waals surface area contributed by atoms with Crippen molar-refractivity contribution in [1.82, 2.24) is 9.80 Å². The van der Waals surface area contributed by atoms with Crippen LogP contribution in [0.15, 0.2) is 243 Å². The van der Waals surface area contributed by atoms with E-state index >= 15 is 9.59 Å². The first-order valence-electron chi connectivity index (χ1n) is 22.8. The van der Waals surface area contributed by atoms with Crippen molar-refractivity contribution in [3.63, 3.8) is 0 Å². The smallest absolute Gasteiger partial charge is 0.312 e. The van der Waals surface area contributed by atoms with Gasteiger partial charge in [0.2, 0.25) is 0 Å². The summed E-state index contributed by atoms with van der Waals surface area (Å²) in [5, 5.41) is 10.3. The zero-order valence-electron chi connectivity index (χ0n) is 36.7. The third-order valence-electron chi connectivity index (χ3n) is 12.9. The maximum atomic E-state index is 15.4. The number of benzene rings is 8. The van der Waals surface area contributed by atoms with Crippen LogP contribution in [0.25, 0.3) is 0 Å². The summed E-state index contributed by atoms with van der Waals surface area (Å²) in [4.78, 5) is 34.7. The van der Waals surface area contributed by atoms with Gasteiger partial charge in [0, 0.05) is 48.8 Å². The predicted molar refractivity (Wildman–Crippen MR) is 285 cm³/mol. The minimum absolute atomic E-state index is 0.111. The average molecular weight is 933 g/mol. The molecule has 0 spiro atoms. The fourth-order valence-electron chi connectivity index (χ4n) is 9.99. The summed E-state index contributed by atoms with van der Waals surface area (Å²) in [7, 11) is -3.67. The van der Waals surface area contributed by atoms with Gasteiger partial charge >= 0.3 is 11.8 Å². The molecule has 2 fully saturated rings. The number of carbonyl (C=O) groups excluding carboxylic acids is 2. The number of amides is 2. The Morgan fingerprint density at radius 2 is 0.394 bits per heavy atom. The van der Waals surface area contributed by atoms with Gasteiger partial charge in [-0.05, 0) is 74.1 Å². The zero-order valence-corrected chi connectivity index (χ0v) is 40.3. The Bertz CT molecular complexity index is 2260. The van der Waals surface area contributed by atoms with E-state index in [1.54, 1.807) is 0 Å². The van der Waals surface area contributed by atoms with Crippen LogP contribution in [0.1, 0.15) is 0 Å². The van der Waals surface area contributed by atoms with E-state index < -0.39 is 31.7 Å². The molecule has 8 heteroatoms. The van der Waals surface area contributed by atoms with E-state index in [2.05, 4.69) is 243 Å². The standard InChI is InChI=1S/C58H52N2O2P4/c61-57(59-41-53(63(45-25-9-1-10-26-45)46-27-11-2-12-28-46)54(42-59)64(47-29-13-3-14-30-47)48-31-15-4-16-32-48)58(62)60-43-55(65(49-33-17-5-18-34-49)50-35-19-6-20-36-50)56(44-60)66(51-37-21-7-22-38-51)52-39-23-8-24-40-52/h1-40,53-56H,41-44H2/t53-,54-,55-,56-/m1/s1. The zero-order chi connectivity index (χ0) is 44.7. The van der Waals surface area contributed by atoms with Crippen molar-refractivity contribution in [1.29, 1.82) is 0 Å². The van der Waals surface area contributed by atoms with Crippen LogP contribution in [0.3, 0.4) is 0 Å². The number of likely N-dealkylation sites (tertiary alicyclic amines) is 2. The third kappa shape index (κ3) is 9.50. The first-order chi connectivity index (χ1) is 32.6. The minimum atomic E-state index is -0.918. The van der Waals surface area contributed by atoms with Crippen molar-refractivity contribution in [3.05, 3.63) is 243 Å². The maximum absolute atomic E-state index is 15.4. The SMILES string of the molecule is O=C(C(=O)N1C[C@@H](P(c2ccccc2)c2ccccc2)[C@H](P(c2ccccc2)c2ccccc2)C1)N1C[C@@H](P(c2ccccc2)c2ccccc2)[C@H](P(c2ccccc2)c2ccccc2)C1. The Morgan fingerprint density at radius 3 is 0.530 bits per heavy atom. The van der Waals surface area contributed by atoms with Gasteiger partial charge in [-0.1, -0.05) is 243 Å². The van der Waals surface area contributed by atoms with Gasteiger partial charge < -0.3 is 9.80 Å². The van der Waals surface area contributed by atoms with Crippen molar-refractivity contribution in [2.45, 2.75) is 22.6 Å². The molecule has 10 rings (SSSR count). The molecular formula is C58H52N2O2P4. The molecule has 0 N–H and O–H groups in total. The Morgan fingerprint density at radius 1 is 0.258 bits per heavy atom. The summed E-state index contributed by atoms with van der Waals surface area (Å²) in [5.74, 6) is -0.747. The van der Waals surface area contributed by atoms with Crippen molar-refractivity contribution < 1.29 is 9.59 Å². The minimum Gasteiger partial charge on any atom is -0.333 e. The van der Waals surface area contributed by atoms with Crippen LogP contribution in [0.2, 0.25) is 0 Å². The second-order valence-electron chi connectivity index (χ2n) is 16.9. The van der Waals surface area contributed by atoms with Gasteiger partial charge in [-0.2, -0.15) is 0 Å². The average Bonchev–Trinajstić information content (AvgIpc) is 4.02. The number of rotatable bonds is 12.